The van der Waals surface area contributed by atoms with E-state index in [9.17, 15) is 4.79 Å². The summed E-state index contributed by atoms with van der Waals surface area (Å²) in [5.41, 5.74) is 0.598. The van der Waals surface area contributed by atoms with E-state index in [1.807, 2.05) is 0 Å². The van der Waals surface area contributed by atoms with Crippen LogP contribution in [0.25, 0.3) is 0 Å². The van der Waals surface area contributed by atoms with Crippen LogP contribution in [0.15, 0.2) is 11.4 Å². The van der Waals surface area contributed by atoms with Crippen molar-refractivity contribution in [2.45, 2.75) is 0 Å². The Bertz CT molecular complexity index is 294. The van der Waals surface area contributed by atoms with Gasteiger partial charge in [-0.05, 0) is 23.5 Å². The highest BCUT2D eigenvalue weighted by molar-refractivity contribution is 7.03. The zero-order valence-electron chi connectivity index (χ0n) is 5.83. The minimum absolute atomic E-state index is 0.544. The van der Waals surface area contributed by atoms with Gasteiger partial charge in [0.25, 0.3) is 0 Å². The Morgan fingerprint density at radius 2 is 2.64 bits per heavy atom. The van der Waals surface area contributed by atoms with Crippen LogP contribution in [0.1, 0.15) is 5.69 Å². The van der Waals surface area contributed by atoms with E-state index in [0.717, 1.165) is 0 Å². The zero-order valence-corrected chi connectivity index (χ0v) is 6.64. The van der Waals surface area contributed by atoms with Gasteiger partial charge in [-0.25, -0.2) is 4.79 Å². The Kier molecular flexibility index (Phi) is 2.64. The quantitative estimate of drug-likeness (QED) is 0.421. The van der Waals surface area contributed by atoms with Gasteiger partial charge in [-0.15, -0.1) is 0 Å². The fraction of sp³-hybridized carbons (Fsp3) is 0.143. The minimum Gasteiger partial charge on any atom is -0.459 e. The van der Waals surface area contributed by atoms with E-state index < -0.39 is 5.97 Å². The van der Waals surface area contributed by atoms with Gasteiger partial charge in [0.15, 0.2) is 0 Å². The largest absolute Gasteiger partial charge is 0.459 e. The van der Waals surface area contributed by atoms with Gasteiger partial charge in [-0.3, -0.25) is 0 Å². The van der Waals surface area contributed by atoms with Crippen molar-refractivity contribution in [3.63, 3.8) is 0 Å². The van der Waals surface area contributed by atoms with Crippen molar-refractivity contribution in [1.82, 2.24) is 4.37 Å². The number of carbonyl (C=O) groups excluding carboxylic acids is 1. The highest BCUT2D eigenvalue weighted by Crippen LogP contribution is 1.96. The van der Waals surface area contributed by atoms with Crippen molar-refractivity contribution in [1.29, 1.82) is 0 Å². The lowest BCUT2D eigenvalue weighted by atomic mass is 10.4. The normalized spacial score (nSPS) is 8.09. The summed E-state index contributed by atoms with van der Waals surface area (Å²) in [7, 11) is 1.29. The third-order valence-corrected chi connectivity index (χ3v) is 1.48. The standard InChI is InChI=1S/C7H5NO2S/c1-10-7(9)3-2-6-4-5-11-8-6/h4-5H,1H3. The average molecular weight is 167 g/mol. The molecule has 56 valence electrons. The van der Waals surface area contributed by atoms with Crippen LogP contribution in [-0.2, 0) is 9.53 Å². The molecule has 0 radical (unpaired) electrons. The van der Waals surface area contributed by atoms with Crippen LogP contribution >= 0.6 is 11.5 Å². The summed E-state index contributed by atoms with van der Waals surface area (Å²) < 4.78 is 8.19. The van der Waals surface area contributed by atoms with Crippen molar-refractivity contribution < 1.29 is 9.53 Å². The maximum Gasteiger partial charge on any atom is 0.384 e. The molecular formula is C7H5NO2S. The molecular weight excluding hydrogens is 162 g/mol. The van der Waals surface area contributed by atoms with Crippen LogP contribution in [0.5, 0.6) is 0 Å². The summed E-state index contributed by atoms with van der Waals surface area (Å²) in [6.07, 6.45) is 0. The molecule has 0 aliphatic carbocycles. The Morgan fingerprint density at radius 3 is 3.18 bits per heavy atom. The number of carbonyl (C=O) groups is 1. The molecule has 0 amide bonds. The maximum atomic E-state index is 10.5. The zero-order chi connectivity index (χ0) is 8.10. The first kappa shape index (κ1) is 7.76. The summed E-state index contributed by atoms with van der Waals surface area (Å²) in [6.45, 7) is 0. The first-order chi connectivity index (χ1) is 5.33. The van der Waals surface area contributed by atoms with E-state index in [0.29, 0.717) is 5.69 Å². The number of nitrogens with zero attached hydrogens (tertiary/aromatic N) is 1. The highest BCUT2D eigenvalue weighted by Gasteiger charge is 1.90. The fourth-order valence-electron chi connectivity index (χ4n) is 0.443. The Balaban J connectivity index is 2.66. The number of rotatable bonds is 0. The highest BCUT2D eigenvalue weighted by atomic mass is 32.1. The van der Waals surface area contributed by atoms with Crippen LogP contribution in [0.3, 0.4) is 0 Å². The van der Waals surface area contributed by atoms with Gasteiger partial charge in [0.1, 0.15) is 5.69 Å². The van der Waals surface area contributed by atoms with Crippen molar-refractivity contribution in [2.75, 3.05) is 7.11 Å². The van der Waals surface area contributed by atoms with Crippen molar-refractivity contribution in [2.24, 2.45) is 0 Å². The van der Waals surface area contributed by atoms with Crippen molar-refractivity contribution >= 4 is 17.5 Å². The first-order valence-electron chi connectivity index (χ1n) is 2.83. The van der Waals surface area contributed by atoms with Crippen molar-refractivity contribution in [3.05, 3.63) is 17.1 Å². The summed E-state index contributed by atoms with van der Waals surface area (Å²) in [5, 5.41) is 1.79. The van der Waals surface area contributed by atoms with E-state index >= 15 is 0 Å². The van der Waals surface area contributed by atoms with E-state index in [1.165, 1.54) is 18.6 Å². The predicted molar refractivity (Wildman–Crippen MR) is 41.0 cm³/mol. The van der Waals surface area contributed by atoms with E-state index in [-0.39, 0.29) is 0 Å². The molecule has 1 heterocycles. The summed E-state index contributed by atoms with van der Waals surface area (Å²) in [6, 6.07) is 1.74. The molecule has 0 N–H and O–H groups in total. The molecule has 0 bridgehead atoms. The molecule has 0 unspecified atom stereocenters. The third kappa shape index (κ3) is 2.40. The van der Waals surface area contributed by atoms with Gasteiger partial charge in [0.2, 0.25) is 0 Å². The Hall–Kier alpha value is -1.34. The molecule has 11 heavy (non-hydrogen) atoms. The molecule has 0 atom stereocenters. The lowest BCUT2D eigenvalue weighted by Crippen LogP contribution is -1.94. The van der Waals surface area contributed by atoms with E-state index in [1.54, 1.807) is 11.4 Å². The molecule has 0 spiro atoms. The molecule has 0 saturated heterocycles. The van der Waals surface area contributed by atoms with Gasteiger partial charge in [-0.2, -0.15) is 4.37 Å². The topological polar surface area (TPSA) is 39.2 Å². The number of aromatic nitrogens is 1. The maximum absolute atomic E-state index is 10.5. The summed E-state index contributed by atoms with van der Waals surface area (Å²) in [5.74, 6) is 4.27. The third-order valence-electron chi connectivity index (χ3n) is 0.916. The van der Waals surface area contributed by atoms with E-state index in [2.05, 4.69) is 21.0 Å². The van der Waals surface area contributed by atoms with Gasteiger partial charge in [0.05, 0.1) is 7.11 Å². The first-order valence-corrected chi connectivity index (χ1v) is 3.67. The van der Waals surface area contributed by atoms with Crippen LogP contribution in [0, 0.1) is 11.8 Å². The molecule has 1 aromatic rings. The average Bonchev–Trinajstić information content (AvgIpc) is 2.52. The minimum atomic E-state index is -0.544. The molecule has 0 fully saturated rings. The van der Waals surface area contributed by atoms with Crippen LogP contribution in [-0.4, -0.2) is 17.5 Å². The molecule has 1 rings (SSSR count). The van der Waals surface area contributed by atoms with E-state index in [4.69, 9.17) is 0 Å². The Labute approximate surface area is 68.2 Å². The number of methoxy groups -OCH3 is 1. The fourth-order valence-corrected chi connectivity index (χ4v) is 0.914. The molecule has 0 aromatic carbocycles. The second-order valence-corrected chi connectivity index (χ2v) is 2.29. The monoisotopic (exact) mass is 167 g/mol. The van der Waals surface area contributed by atoms with Crippen molar-refractivity contribution in [3.8, 4) is 11.8 Å². The lowest BCUT2D eigenvalue weighted by molar-refractivity contribution is -0.133. The van der Waals surface area contributed by atoms with Crippen LogP contribution in [0.2, 0.25) is 0 Å². The molecule has 4 heteroatoms. The molecule has 0 aliphatic heterocycles. The number of ether oxygens (including phenoxy) is 1. The van der Waals surface area contributed by atoms with Crippen LogP contribution in [0.4, 0.5) is 0 Å². The van der Waals surface area contributed by atoms with Crippen LogP contribution < -0.4 is 0 Å². The second-order valence-electron chi connectivity index (χ2n) is 1.63. The lowest BCUT2D eigenvalue weighted by Gasteiger charge is -1.82. The molecule has 0 saturated carbocycles. The number of esters is 1. The number of hydrogen-bond acceptors (Lipinski definition) is 4. The number of hydrogen-bond donors (Lipinski definition) is 0. The molecule has 1 aromatic heterocycles. The predicted octanol–water partition coefficient (Wildman–Crippen LogP) is 0.668. The van der Waals surface area contributed by atoms with Gasteiger partial charge in [0, 0.05) is 11.3 Å². The second kappa shape index (κ2) is 3.74. The summed E-state index contributed by atoms with van der Waals surface area (Å²) >= 11 is 1.29. The van der Waals surface area contributed by atoms with Gasteiger partial charge in [-0.1, -0.05) is 0 Å². The van der Waals surface area contributed by atoms with Gasteiger partial charge >= 0.3 is 5.97 Å². The summed E-state index contributed by atoms with van der Waals surface area (Å²) in [4.78, 5) is 10.5. The van der Waals surface area contributed by atoms with Gasteiger partial charge < -0.3 is 4.74 Å². The smallest absolute Gasteiger partial charge is 0.384 e. The SMILES string of the molecule is COC(=O)C#Cc1ccsn1. The molecule has 0 aliphatic rings. The molecule has 3 nitrogen and oxygen atoms in total. The Morgan fingerprint density at radius 1 is 1.82 bits per heavy atom.